The number of rotatable bonds is 5. The lowest BCUT2D eigenvalue weighted by atomic mass is 10.1. The lowest BCUT2D eigenvalue weighted by Gasteiger charge is -2.16. The predicted molar refractivity (Wildman–Crippen MR) is 84.0 cm³/mol. The van der Waals surface area contributed by atoms with Crippen LogP contribution in [0.1, 0.15) is 35.2 Å². The van der Waals surface area contributed by atoms with Crippen molar-refractivity contribution in [2.24, 2.45) is 0 Å². The van der Waals surface area contributed by atoms with Crippen LogP contribution >= 0.6 is 0 Å². The van der Waals surface area contributed by atoms with Crippen LogP contribution in [0, 0.1) is 0 Å². The minimum Gasteiger partial charge on any atom is -0.465 e. The highest BCUT2D eigenvalue weighted by molar-refractivity contribution is 7.88. The van der Waals surface area contributed by atoms with E-state index in [0.29, 0.717) is 17.7 Å². The molecule has 0 aromatic heterocycles. The van der Waals surface area contributed by atoms with Crippen LogP contribution in [0.3, 0.4) is 0 Å². The summed E-state index contributed by atoms with van der Waals surface area (Å²) in [5, 5.41) is 3.23. The van der Waals surface area contributed by atoms with Gasteiger partial charge in [0.15, 0.2) is 0 Å². The smallest absolute Gasteiger partial charge is 0.337 e. The monoisotopic (exact) mass is 326 g/mol. The largest absolute Gasteiger partial charge is 0.465 e. The molecule has 1 heterocycles. The van der Waals surface area contributed by atoms with Gasteiger partial charge in [0, 0.05) is 12.6 Å². The molecule has 0 bridgehead atoms. The highest BCUT2D eigenvalue weighted by Gasteiger charge is 2.20. The first-order valence-corrected chi connectivity index (χ1v) is 9.03. The zero-order chi connectivity index (χ0) is 16.0. The molecule has 0 radical (unpaired) electrons. The number of carbonyl (C=O) groups excluding carboxylic acids is 1. The van der Waals surface area contributed by atoms with Crippen molar-refractivity contribution in [3.8, 4) is 0 Å². The van der Waals surface area contributed by atoms with Gasteiger partial charge < -0.3 is 10.1 Å². The van der Waals surface area contributed by atoms with Crippen LogP contribution in [0.2, 0.25) is 0 Å². The second-order valence-electron chi connectivity index (χ2n) is 5.47. The van der Waals surface area contributed by atoms with Crippen LogP contribution in [0.25, 0.3) is 0 Å². The fourth-order valence-corrected chi connectivity index (χ4v) is 3.95. The van der Waals surface area contributed by atoms with Gasteiger partial charge >= 0.3 is 5.97 Å². The van der Waals surface area contributed by atoms with Crippen molar-refractivity contribution in [3.05, 3.63) is 35.4 Å². The lowest BCUT2D eigenvalue weighted by molar-refractivity contribution is 0.0600. The Bertz CT molecular complexity index is 608. The van der Waals surface area contributed by atoms with Crippen molar-refractivity contribution in [3.63, 3.8) is 0 Å². The molecule has 1 atom stereocenters. The molecule has 1 aromatic rings. The summed E-state index contributed by atoms with van der Waals surface area (Å²) >= 11 is 0. The Morgan fingerprint density at radius 2 is 2.23 bits per heavy atom. The van der Waals surface area contributed by atoms with Crippen molar-refractivity contribution in [2.45, 2.75) is 31.1 Å². The van der Waals surface area contributed by atoms with Gasteiger partial charge in [0.1, 0.15) is 0 Å². The first-order valence-electron chi connectivity index (χ1n) is 7.38. The molecule has 22 heavy (non-hydrogen) atoms. The molecule has 0 aliphatic carbocycles. The first-order chi connectivity index (χ1) is 10.5. The van der Waals surface area contributed by atoms with Gasteiger partial charge in [0.25, 0.3) is 0 Å². The third kappa shape index (κ3) is 5.08. The fourth-order valence-electron chi connectivity index (χ4n) is 2.54. The number of hydrogen-bond acceptors (Lipinski definition) is 5. The van der Waals surface area contributed by atoms with Crippen molar-refractivity contribution >= 4 is 16.0 Å². The van der Waals surface area contributed by atoms with E-state index in [1.54, 1.807) is 24.3 Å². The van der Waals surface area contributed by atoms with Gasteiger partial charge in [-0.3, -0.25) is 0 Å². The van der Waals surface area contributed by atoms with Crippen molar-refractivity contribution in [1.29, 1.82) is 0 Å². The minimum atomic E-state index is -3.44. The molecule has 1 unspecified atom stereocenters. The van der Waals surface area contributed by atoms with Gasteiger partial charge in [0.2, 0.25) is 10.0 Å². The summed E-state index contributed by atoms with van der Waals surface area (Å²) in [6, 6.07) is 6.43. The molecule has 1 aliphatic rings. The maximum atomic E-state index is 12.3. The van der Waals surface area contributed by atoms with Crippen LogP contribution in [0.5, 0.6) is 0 Å². The Morgan fingerprint density at radius 3 is 3.00 bits per heavy atom. The van der Waals surface area contributed by atoms with E-state index < -0.39 is 16.0 Å². The molecule has 0 saturated carbocycles. The van der Waals surface area contributed by atoms with E-state index in [0.717, 1.165) is 25.8 Å². The predicted octanol–water partition coefficient (Wildman–Crippen LogP) is 1.03. The second kappa shape index (κ2) is 7.71. The summed E-state index contributed by atoms with van der Waals surface area (Å²) < 4.78 is 31.9. The Hall–Kier alpha value is -1.44. The average molecular weight is 326 g/mol. The maximum Gasteiger partial charge on any atom is 0.337 e. The van der Waals surface area contributed by atoms with E-state index in [9.17, 15) is 13.2 Å². The van der Waals surface area contributed by atoms with E-state index in [4.69, 9.17) is 0 Å². The van der Waals surface area contributed by atoms with Gasteiger partial charge in [-0.25, -0.2) is 17.9 Å². The maximum absolute atomic E-state index is 12.3. The second-order valence-corrected chi connectivity index (χ2v) is 7.22. The fraction of sp³-hybridized carbons (Fsp3) is 0.533. The average Bonchev–Trinajstić information content (AvgIpc) is 2.74. The van der Waals surface area contributed by atoms with E-state index >= 15 is 0 Å². The molecular weight excluding hydrogens is 304 g/mol. The highest BCUT2D eigenvalue weighted by atomic mass is 32.2. The van der Waals surface area contributed by atoms with Crippen LogP contribution in [0.4, 0.5) is 0 Å². The Balaban J connectivity index is 2.03. The molecule has 0 spiro atoms. The topological polar surface area (TPSA) is 84.5 Å². The summed E-state index contributed by atoms with van der Waals surface area (Å²) in [5.74, 6) is -0.617. The van der Waals surface area contributed by atoms with Crippen LogP contribution in [-0.4, -0.2) is 40.6 Å². The molecule has 2 N–H and O–H groups in total. The Morgan fingerprint density at radius 1 is 1.41 bits per heavy atom. The Labute approximate surface area is 131 Å². The van der Waals surface area contributed by atoms with E-state index in [1.165, 1.54) is 7.11 Å². The summed E-state index contributed by atoms with van der Waals surface area (Å²) in [5.41, 5.74) is 0.920. The van der Waals surface area contributed by atoms with Gasteiger partial charge in [0.05, 0.1) is 18.4 Å². The van der Waals surface area contributed by atoms with Crippen LogP contribution in [-0.2, 0) is 20.5 Å². The molecule has 1 aromatic carbocycles. The van der Waals surface area contributed by atoms with E-state index in [2.05, 4.69) is 14.8 Å². The summed E-state index contributed by atoms with van der Waals surface area (Å²) in [7, 11) is -2.14. The molecule has 6 nitrogen and oxygen atoms in total. The number of sulfonamides is 1. The van der Waals surface area contributed by atoms with Crippen molar-refractivity contribution in [1.82, 2.24) is 10.0 Å². The zero-order valence-corrected chi connectivity index (χ0v) is 13.5. The standard InChI is InChI=1S/C15H22N2O4S/c1-21-15(18)13-6-4-5-12(9-13)11-22(19,20)17-14-7-2-3-8-16-10-14/h4-6,9,14,16-17H,2-3,7-8,10-11H2,1H3. The van der Waals surface area contributed by atoms with Gasteiger partial charge in [-0.15, -0.1) is 0 Å². The molecule has 1 fully saturated rings. The van der Waals surface area contributed by atoms with Crippen molar-refractivity contribution in [2.75, 3.05) is 20.2 Å². The van der Waals surface area contributed by atoms with E-state index in [-0.39, 0.29) is 11.8 Å². The third-order valence-corrected chi connectivity index (χ3v) is 5.00. The van der Waals surface area contributed by atoms with Gasteiger partial charge in [-0.1, -0.05) is 18.6 Å². The third-order valence-electron chi connectivity index (χ3n) is 3.60. The molecule has 2 rings (SSSR count). The summed E-state index contributed by atoms with van der Waals surface area (Å²) in [4.78, 5) is 11.5. The number of nitrogens with one attached hydrogen (secondary N) is 2. The highest BCUT2D eigenvalue weighted by Crippen LogP contribution is 2.12. The normalized spacial score (nSPS) is 19.4. The number of esters is 1. The molecule has 7 heteroatoms. The summed E-state index contributed by atoms with van der Waals surface area (Å²) in [6.45, 7) is 1.58. The minimum absolute atomic E-state index is 0.0729. The quantitative estimate of drug-likeness (QED) is 0.790. The molecule has 1 aliphatic heterocycles. The van der Waals surface area contributed by atoms with Gasteiger partial charge in [-0.05, 0) is 37.1 Å². The number of hydrogen-bond donors (Lipinski definition) is 2. The first kappa shape index (κ1) is 16.9. The Kier molecular flexibility index (Phi) is 5.93. The summed E-state index contributed by atoms with van der Waals surface area (Å²) in [6.07, 6.45) is 2.92. The van der Waals surface area contributed by atoms with Crippen LogP contribution < -0.4 is 10.0 Å². The number of carbonyl (C=O) groups is 1. The molecule has 0 amide bonds. The number of methoxy groups -OCH3 is 1. The van der Waals surface area contributed by atoms with Gasteiger partial charge in [-0.2, -0.15) is 0 Å². The zero-order valence-electron chi connectivity index (χ0n) is 12.7. The van der Waals surface area contributed by atoms with Crippen molar-refractivity contribution < 1.29 is 17.9 Å². The molecular formula is C15H22N2O4S. The van der Waals surface area contributed by atoms with E-state index in [1.807, 2.05) is 0 Å². The lowest BCUT2D eigenvalue weighted by Crippen LogP contribution is -2.41. The molecule has 1 saturated heterocycles. The molecule has 122 valence electrons. The SMILES string of the molecule is COC(=O)c1cccc(CS(=O)(=O)NC2CCCCNC2)c1. The number of benzene rings is 1. The van der Waals surface area contributed by atoms with Crippen LogP contribution in [0.15, 0.2) is 24.3 Å². The number of ether oxygens (including phenoxy) is 1.